The summed E-state index contributed by atoms with van der Waals surface area (Å²) in [5, 5.41) is 0. The molecule has 1 aliphatic heterocycles. The Balaban J connectivity index is 1.88. The normalized spacial score (nSPS) is 21.4. The predicted molar refractivity (Wildman–Crippen MR) is 71.8 cm³/mol. The Morgan fingerprint density at radius 1 is 1.41 bits per heavy atom. The van der Waals surface area contributed by atoms with Crippen LogP contribution in [0.15, 0.2) is 24.3 Å². The Bertz CT molecular complexity index is 356. The van der Waals surface area contributed by atoms with Crippen LogP contribution in [0.25, 0.3) is 0 Å². The van der Waals surface area contributed by atoms with Gasteiger partial charge in [-0.25, -0.2) is 0 Å². The molecule has 0 bridgehead atoms. The van der Waals surface area contributed by atoms with Crippen LogP contribution in [-0.2, 0) is 6.42 Å². The number of piperidine rings is 1. The first-order valence-electron chi connectivity index (χ1n) is 6.30. The summed E-state index contributed by atoms with van der Waals surface area (Å²) >= 11 is 6.31. The van der Waals surface area contributed by atoms with Gasteiger partial charge >= 0.3 is 0 Å². The van der Waals surface area contributed by atoms with E-state index in [-0.39, 0.29) is 5.50 Å². The summed E-state index contributed by atoms with van der Waals surface area (Å²) in [6.45, 7) is 2.18. The van der Waals surface area contributed by atoms with E-state index in [1.165, 1.54) is 18.4 Å². The van der Waals surface area contributed by atoms with Crippen LogP contribution in [0.3, 0.4) is 0 Å². The Kier molecular flexibility index (Phi) is 4.69. The van der Waals surface area contributed by atoms with Gasteiger partial charge in [-0.2, -0.15) is 0 Å². The molecule has 1 aliphatic rings. The molecule has 0 radical (unpaired) electrons. The molecule has 1 saturated heterocycles. The minimum absolute atomic E-state index is 0.231. The number of rotatable bonds is 4. The van der Waals surface area contributed by atoms with Crippen molar-refractivity contribution in [2.24, 2.45) is 0 Å². The molecule has 1 atom stereocenters. The van der Waals surface area contributed by atoms with Gasteiger partial charge in [-0.3, -0.25) is 4.90 Å². The van der Waals surface area contributed by atoms with Crippen LogP contribution in [0.1, 0.15) is 24.8 Å². The molecule has 2 rings (SSSR count). The highest BCUT2D eigenvalue weighted by molar-refractivity contribution is 6.20. The van der Waals surface area contributed by atoms with Gasteiger partial charge in [0.1, 0.15) is 5.75 Å². The van der Waals surface area contributed by atoms with Crippen LogP contribution in [0.5, 0.6) is 5.75 Å². The third kappa shape index (κ3) is 3.62. The third-order valence-corrected chi connectivity index (χ3v) is 3.85. The van der Waals surface area contributed by atoms with E-state index in [2.05, 4.69) is 17.0 Å². The zero-order valence-electron chi connectivity index (χ0n) is 10.4. The molecule has 1 unspecified atom stereocenters. The van der Waals surface area contributed by atoms with Crippen molar-refractivity contribution in [3.63, 3.8) is 0 Å². The maximum atomic E-state index is 6.31. The Morgan fingerprint density at radius 3 is 3.06 bits per heavy atom. The summed E-state index contributed by atoms with van der Waals surface area (Å²) in [5.74, 6) is 0.934. The molecule has 17 heavy (non-hydrogen) atoms. The maximum Gasteiger partial charge on any atom is 0.119 e. The van der Waals surface area contributed by atoms with Crippen molar-refractivity contribution in [1.29, 1.82) is 0 Å². The molecule has 1 aromatic carbocycles. The first-order valence-corrected chi connectivity index (χ1v) is 6.74. The van der Waals surface area contributed by atoms with Gasteiger partial charge in [0.2, 0.25) is 0 Å². The van der Waals surface area contributed by atoms with Crippen LogP contribution in [0.2, 0.25) is 0 Å². The highest BCUT2D eigenvalue weighted by Gasteiger charge is 2.19. The lowest BCUT2D eigenvalue weighted by atomic mass is 10.1. The SMILES string of the molecule is COc1cccc(CCN2CCCCC2Cl)c1. The average molecular weight is 254 g/mol. The molecule has 0 N–H and O–H groups in total. The number of hydrogen-bond donors (Lipinski definition) is 0. The Hall–Kier alpha value is -0.730. The van der Waals surface area contributed by atoms with Gasteiger partial charge in [0.15, 0.2) is 0 Å². The predicted octanol–water partition coefficient (Wildman–Crippen LogP) is 3.29. The number of hydrogen-bond acceptors (Lipinski definition) is 2. The molecule has 0 aliphatic carbocycles. The van der Waals surface area contributed by atoms with E-state index in [0.717, 1.165) is 31.7 Å². The highest BCUT2D eigenvalue weighted by atomic mass is 35.5. The van der Waals surface area contributed by atoms with Gasteiger partial charge in [-0.05, 0) is 49.9 Å². The number of nitrogens with zero attached hydrogens (tertiary/aromatic N) is 1. The molecule has 0 spiro atoms. The fourth-order valence-electron chi connectivity index (χ4n) is 2.30. The van der Waals surface area contributed by atoms with Crippen molar-refractivity contribution >= 4 is 11.6 Å². The van der Waals surface area contributed by atoms with Gasteiger partial charge in [0, 0.05) is 6.54 Å². The molecular formula is C14H20ClNO. The van der Waals surface area contributed by atoms with Gasteiger partial charge in [0.05, 0.1) is 12.6 Å². The second kappa shape index (κ2) is 6.27. The molecule has 94 valence electrons. The summed E-state index contributed by atoms with van der Waals surface area (Å²) in [5.41, 5.74) is 1.55. The van der Waals surface area contributed by atoms with E-state index in [1.54, 1.807) is 7.11 Å². The zero-order valence-corrected chi connectivity index (χ0v) is 11.1. The largest absolute Gasteiger partial charge is 0.497 e. The minimum atomic E-state index is 0.231. The number of likely N-dealkylation sites (tertiary alicyclic amines) is 1. The van der Waals surface area contributed by atoms with Crippen molar-refractivity contribution in [1.82, 2.24) is 4.90 Å². The second-order valence-corrected chi connectivity index (χ2v) is 5.07. The lowest BCUT2D eigenvalue weighted by Crippen LogP contribution is -2.37. The summed E-state index contributed by atoms with van der Waals surface area (Å²) < 4.78 is 5.23. The van der Waals surface area contributed by atoms with Gasteiger partial charge in [0.25, 0.3) is 0 Å². The molecule has 1 fully saturated rings. The van der Waals surface area contributed by atoms with E-state index >= 15 is 0 Å². The van der Waals surface area contributed by atoms with Crippen LogP contribution < -0.4 is 4.74 Å². The quantitative estimate of drug-likeness (QED) is 0.603. The van der Waals surface area contributed by atoms with E-state index in [1.807, 2.05) is 12.1 Å². The standard InChI is InChI=1S/C14H20ClNO/c1-17-13-6-4-5-12(11-13)8-10-16-9-3-2-7-14(16)15/h4-6,11,14H,2-3,7-10H2,1H3. The second-order valence-electron chi connectivity index (χ2n) is 4.57. The fraction of sp³-hybridized carbons (Fsp3) is 0.571. The molecule has 0 aromatic heterocycles. The lowest BCUT2D eigenvalue weighted by Gasteiger charge is -2.31. The van der Waals surface area contributed by atoms with E-state index in [9.17, 15) is 0 Å². The Morgan fingerprint density at radius 2 is 2.29 bits per heavy atom. The number of halogens is 1. The number of benzene rings is 1. The summed E-state index contributed by atoms with van der Waals surface area (Å²) in [6, 6.07) is 8.28. The summed E-state index contributed by atoms with van der Waals surface area (Å²) in [7, 11) is 1.71. The lowest BCUT2D eigenvalue weighted by molar-refractivity contribution is 0.204. The van der Waals surface area contributed by atoms with Gasteiger partial charge < -0.3 is 4.74 Å². The van der Waals surface area contributed by atoms with Gasteiger partial charge in [-0.15, -0.1) is 11.6 Å². The first kappa shape index (κ1) is 12.7. The first-order chi connectivity index (χ1) is 8.29. The van der Waals surface area contributed by atoms with E-state index in [0.29, 0.717) is 0 Å². The van der Waals surface area contributed by atoms with Crippen molar-refractivity contribution in [2.45, 2.75) is 31.2 Å². The molecule has 1 heterocycles. The maximum absolute atomic E-state index is 6.31. The van der Waals surface area contributed by atoms with Crippen molar-refractivity contribution in [2.75, 3.05) is 20.2 Å². The molecule has 1 aromatic rings. The molecule has 2 nitrogen and oxygen atoms in total. The number of alkyl halides is 1. The fourth-order valence-corrected chi connectivity index (χ4v) is 2.65. The summed E-state index contributed by atoms with van der Waals surface area (Å²) in [6.07, 6.45) is 4.71. The highest BCUT2D eigenvalue weighted by Crippen LogP contribution is 2.20. The van der Waals surface area contributed by atoms with Crippen LogP contribution in [-0.4, -0.2) is 30.6 Å². The molecule has 3 heteroatoms. The van der Waals surface area contributed by atoms with Gasteiger partial charge in [-0.1, -0.05) is 12.1 Å². The smallest absolute Gasteiger partial charge is 0.119 e. The minimum Gasteiger partial charge on any atom is -0.497 e. The average Bonchev–Trinajstić information content (AvgIpc) is 2.38. The molecule has 0 amide bonds. The van der Waals surface area contributed by atoms with Crippen LogP contribution >= 0.6 is 11.6 Å². The third-order valence-electron chi connectivity index (χ3n) is 3.36. The number of ether oxygens (including phenoxy) is 1. The molecular weight excluding hydrogens is 234 g/mol. The van der Waals surface area contributed by atoms with Crippen LogP contribution in [0, 0.1) is 0 Å². The van der Waals surface area contributed by atoms with Crippen LogP contribution in [0.4, 0.5) is 0 Å². The Labute approximate surface area is 109 Å². The van der Waals surface area contributed by atoms with E-state index < -0.39 is 0 Å². The number of methoxy groups -OCH3 is 1. The topological polar surface area (TPSA) is 12.5 Å². The van der Waals surface area contributed by atoms with Crippen molar-refractivity contribution in [3.8, 4) is 5.75 Å². The monoisotopic (exact) mass is 253 g/mol. The zero-order chi connectivity index (χ0) is 12.1. The summed E-state index contributed by atoms with van der Waals surface area (Å²) in [4.78, 5) is 2.38. The van der Waals surface area contributed by atoms with Crippen molar-refractivity contribution in [3.05, 3.63) is 29.8 Å². The van der Waals surface area contributed by atoms with Crippen molar-refractivity contribution < 1.29 is 4.74 Å². The molecule has 0 saturated carbocycles. The van der Waals surface area contributed by atoms with E-state index in [4.69, 9.17) is 16.3 Å².